The zero-order valence-corrected chi connectivity index (χ0v) is 43.0. The van der Waals surface area contributed by atoms with E-state index in [0.717, 1.165) is 21.9 Å². The third kappa shape index (κ3) is 10.1. The van der Waals surface area contributed by atoms with Crippen LogP contribution in [0, 0.1) is 0 Å². The quantitative estimate of drug-likeness (QED) is 0.0614. The molecule has 77 heavy (non-hydrogen) atoms. The molecule has 0 fully saturated rings. The minimum absolute atomic E-state index is 0. The SMILES string of the molecule is C(=N\n1c(-c2ccccn2)nnc1-c1ccccn1)/c1ccc2ccc3cccc4ccc1c2c34.C(=N\n1c(-c2ccccn2)nnc1-c1ccccn1)/c1ccc2ccc3cccc4ccc1c2c34.[Fe+2].[N-]=C=S.[N-]=C=S. The van der Waals surface area contributed by atoms with Crippen molar-refractivity contribution in [3.63, 3.8) is 0 Å². The monoisotopic (exact) mass is 1070 g/mol. The van der Waals surface area contributed by atoms with E-state index in [1.54, 1.807) is 34.1 Å². The largest absolute Gasteiger partial charge is 2.00 e. The van der Waals surface area contributed by atoms with Crippen molar-refractivity contribution in [2.75, 3.05) is 0 Å². The van der Waals surface area contributed by atoms with Gasteiger partial charge in [-0.15, -0.1) is 20.4 Å². The molecular formula is C60H36FeN14S2. The molecule has 0 aliphatic heterocycles. The van der Waals surface area contributed by atoms with E-state index in [1.807, 2.05) is 85.2 Å². The molecule has 0 spiro atoms. The zero-order chi connectivity index (χ0) is 51.8. The minimum atomic E-state index is 0. The maximum absolute atomic E-state index is 7.13. The number of rotatable bonds is 8. The summed E-state index contributed by atoms with van der Waals surface area (Å²) in [6, 6.07) is 61.6. The van der Waals surface area contributed by atoms with Gasteiger partial charge in [0.2, 0.25) is 23.3 Å². The Morgan fingerprint density at radius 3 is 0.909 bits per heavy atom. The molecule has 6 aromatic heterocycles. The molecule has 0 N–H and O–H groups in total. The summed E-state index contributed by atoms with van der Waals surface area (Å²) >= 11 is 7.40. The van der Waals surface area contributed by atoms with Gasteiger partial charge in [-0.25, -0.2) is 0 Å². The second-order valence-electron chi connectivity index (χ2n) is 16.9. The smallest absolute Gasteiger partial charge is 0.753 e. The first-order valence-electron chi connectivity index (χ1n) is 23.6. The van der Waals surface area contributed by atoms with Gasteiger partial charge in [0, 0.05) is 35.9 Å². The molecule has 0 amide bonds. The van der Waals surface area contributed by atoms with E-state index in [1.165, 1.54) is 64.2 Å². The fraction of sp³-hybridized carbons (Fsp3) is 0. The number of hydrogen-bond acceptors (Lipinski definition) is 12. The zero-order valence-electron chi connectivity index (χ0n) is 40.2. The van der Waals surface area contributed by atoms with Gasteiger partial charge in [0.15, 0.2) is 0 Å². The van der Waals surface area contributed by atoms with Crippen molar-refractivity contribution >= 4 is 112 Å². The molecule has 0 saturated carbocycles. The van der Waals surface area contributed by atoms with Crippen LogP contribution >= 0.6 is 24.4 Å². The van der Waals surface area contributed by atoms with Crippen molar-refractivity contribution in [3.8, 4) is 46.1 Å². The van der Waals surface area contributed by atoms with Crippen molar-refractivity contribution in [2.45, 2.75) is 0 Å². The Hall–Kier alpha value is -9.82. The van der Waals surface area contributed by atoms with E-state index >= 15 is 0 Å². The number of aromatic nitrogens is 10. The Labute approximate surface area is 460 Å². The standard InChI is InChI=1S/2C29H18N6.2CNS.Fe/c2*1-3-16-30-24(8-1)28-33-34-29(25-9-2-4-17-31-25)35(28)32-18-22-13-12-21-11-10-19-6-5-7-20-14-15-23(22)27(21)26(19)20;2*2-1-3;/h2*1-18H;;;/q;;2*-1;+2/b2*32-18+;;;. The Morgan fingerprint density at radius 1 is 0.351 bits per heavy atom. The van der Waals surface area contributed by atoms with Crippen LogP contribution in [0.2, 0.25) is 0 Å². The summed E-state index contributed by atoms with van der Waals surface area (Å²) < 4.78 is 3.42. The molecule has 8 aromatic carbocycles. The van der Waals surface area contributed by atoms with Crippen molar-refractivity contribution in [1.29, 1.82) is 0 Å². The van der Waals surface area contributed by atoms with Crippen LogP contribution in [-0.4, -0.2) is 72.4 Å². The molecule has 0 aliphatic rings. The van der Waals surface area contributed by atoms with Crippen molar-refractivity contribution in [2.24, 2.45) is 10.2 Å². The summed E-state index contributed by atoms with van der Waals surface area (Å²) in [5, 5.41) is 59.0. The Kier molecular flexibility index (Phi) is 15.2. The number of pyridine rings is 4. The summed E-state index contributed by atoms with van der Waals surface area (Å²) in [7, 11) is 0. The van der Waals surface area contributed by atoms with Crippen LogP contribution in [0.5, 0.6) is 0 Å². The summed E-state index contributed by atoms with van der Waals surface area (Å²) in [6.07, 6.45) is 10.7. The Bertz CT molecular complexity index is 4030. The fourth-order valence-electron chi connectivity index (χ4n) is 9.38. The van der Waals surface area contributed by atoms with E-state index in [2.05, 4.69) is 174 Å². The van der Waals surface area contributed by atoms with Gasteiger partial charge in [-0.3, -0.25) is 19.9 Å². The first kappa shape index (κ1) is 50.7. The molecule has 14 rings (SSSR count). The maximum Gasteiger partial charge on any atom is 2.00 e. The number of benzene rings is 8. The molecule has 0 unspecified atom stereocenters. The number of thiocarbonyl (C=S) groups is 2. The third-order valence-electron chi connectivity index (χ3n) is 12.6. The summed E-state index contributed by atoms with van der Waals surface area (Å²) in [5.41, 5.74) is 4.79. The summed E-state index contributed by atoms with van der Waals surface area (Å²) in [5.74, 6) is 2.22. The van der Waals surface area contributed by atoms with Crippen LogP contribution in [0.25, 0.3) is 122 Å². The molecule has 0 aliphatic carbocycles. The van der Waals surface area contributed by atoms with Gasteiger partial charge in [-0.05, 0) is 113 Å². The van der Waals surface area contributed by atoms with E-state index in [9.17, 15) is 0 Å². The van der Waals surface area contributed by atoms with Crippen LogP contribution in [0.4, 0.5) is 0 Å². The number of hydrogen-bond donors (Lipinski definition) is 0. The van der Waals surface area contributed by atoms with E-state index in [-0.39, 0.29) is 17.1 Å². The van der Waals surface area contributed by atoms with E-state index < -0.39 is 0 Å². The molecule has 0 radical (unpaired) electrons. The predicted octanol–water partition coefficient (Wildman–Crippen LogP) is 13.7. The van der Waals surface area contributed by atoms with Gasteiger partial charge < -0.3 is 10.8 Å². The number of nitrogens with zero attached hydrogens (tertiary/aromatic N) is 14. The molecular weight excluding hydrogens is 1040 g/mol. The molecule has 366 valence electrons. The summed E-state index contributed by atoms with van der Waals surface area (Å²) in [6.45, 7) is 0. The molecule has 0 atom stereocenters. The van der Waals surface area contributed by atoms with Crippen LogP contribution < -0.4 is 0 Å². The molecule has 0 saturated heterocycles. The maximum atomic E-state index is 7.13. The normalized spacial score (nSPS) is 11.0. The number of isothiocyanates is 2. The predicted molar refractivity (Wildman–Crippen MR) is 311 cm³/mol. The van der Waals surface area contributed by atoms with Gasteiger partial charge in [-0.2, -0.15) is 29.9 Å². The van der Waals surface area contributed by atoms with Gasteiger partial charge in [-0.1, -0.05) is 158 Å². The van der Waals surface area contributed by atoms with Crippen LogP contribution in [0.1, 0.15) is 11.1 Å². The van der Waals surface area contributed by atoms with Gasteiger partial charge in [0.05, 0.1) is 12.4 Å². The van der Waals surface area contributed by atoms with Gasteiger partial charge in [0.25, 0.3) is 0 Å². The molecule has 14 aromatic rings. The van der Waals surface area contributed by atoms with E-state index in [0.29, 0.717) is 46.1 Å². The average Bonchev–Trinajstić information content (AvgIpc) is 4.12. The van der Waals surface area contributed by atoms with Crippen LogP contribution in [-0.2, 0) is 17.1 Å². The third-order valence-corrected chi connectivity index (χ3v) is 12.6. The average molecular weight is 1070 g/mol. The van der Waals surface area contributed by atoms with Crippen molar-refractivity contribution < 1.29 is 17.1 Å². The molecule has 14 nitrogen and oxygen atoms in total. The molecule has 6 heterocycles. The first-order valence-corrected chi connectivity index (χ1v) is 24.4. The van der Waals surface area contributed by atoms with Gasteiger partial charge in [0.1, 0.15) is 22.8 Å². The fourth-order valence-corrected chi connectivity index (χ4v) is 9.38. The van der Waals surface area contributed by atoms with Gasteiger partial charge >= 0.3 is 17.1 Å². The summed E-state index contributed by atoms with van der Waals surface area (Å²) in [4.78, 5) is 17.8. The van der Waals surface area contributed by atoms with E-state index in [4.69, 9.17) is 21.0 Å². The molecule has 0 bridgehead atoms. The Balaban J connectivity index is 0.000000157. The van der Waals surface area contributed by atoms with Crippen LogP contribution in [0.15, 0.2) is 217 Å². The van der Waals surface area contributed by atoms with Crippen LogP contribution in [0.3, 0.4) is 0 Å². The van der Waals surface area contributed by atoms with Crippen molar-refractivity contribution in [3.05, 3.63) is 229 Å². The second kappa shape index (κ2) is 23.2. The topological polar surface area (TPSA) is 182 Å². The molecule has 17 heteroatoms. The second-order valence-corrected chi connectivity index (χ2v) is 17.2. The minimum Gasteiger partial charge on any atom is -0.753 e. The van der Waals surface area contributed by atoms with Crippen molar-refractivity contribution in [1.82, 2.24) is 49.7 Å². The Morgan fingerprint density at radius 2 is 0.623 bits per heavy atom. The first-order chi connectivity index (χ1) is 37.6.